The second kappa shape index (κ2) is 5.87. The van der Waals surface area contributed by atoms with E-state index in [-0.39, 0.29) is 0 Å². The fourth-order valence-electron chi connectivity index (χ4n) is 1.92. The first-order valence-electron chi connectivity index (χ1n) is 6.25. The molecule has 3 rings (SSSR count). The molecule has 0 aliphatic heterocycles. The van der Waals surface area contributed by atoms with Crippen molar-refractivity contribution < 1.29 is 4.52 Å². The molecule has 0 atom stereocenters. The molecule has 4 nitrogen and oxygen atoms in total. The number of hydrogen-bond donors (Lipinski definition) is 1. The lowest BCUT2D eigenvalue weighted by atomic mass is 10.1. The summed E-state index contributed by atoms with van der Waals surface area (Å²) in [7, 11) is 0. The van der Waals surface area contributed by atoms with Gasteiger partial charge in [-0.15, -0.1) is 0 Å². The van der Waals surface area contributed by atoms with E-state index in [0.29, 0.717) is 28.8 Å². The van der Waals surface area contributed by atoms with E-state index >= 15 is 0 Å². The number of anilines is 1. The van der Waals surface area contributed by atoms with E-state index in [4.69, 9.17) is 21.9 Å². The lowest BCUT2D eigenvalue weighted by molar-refractivity contribution is 0.424. The van der Waals surface area contributed by atoms with Crippen molar-refractivity contribution in [2.75, 3.05) is 5.73 Å². The first-order chi connectivity index (χ1) is 10.1. The predicted octanol–water partition coefficient (Wildman–Crippen LogP) is 4.33. The topological polar surface area (TPSA) is 64.9 Å². The van der Waals surface area contributed by atoms with Gasteiger partial charge in [0.05, 0.1) is 0 Å². The van der Waals surface area contributed by atoms with Crippen LogP contribution in [0.4, 0.5) is 5.69 Å². The molecule has 0 bridgehead atoms. The van der Waals surface area contributed by atoms with Crippen LogP contribution in [0.3, 0.4) is 0 Å². The SMILES string of the molecule is Nc1ccc(-c2nc(Cc3ccccc3Cl)no2)cc1Br. The standard InChI is InChI=1S/C15H11BrClN3O/c16-11-7-10(5-6-13(11)18)15-19-14(20-21-15)8-9-3-1-2-4-12(9)17/h1-7H,8,18H2. The van der Waals surface area contributed by atoms with Gasteiger partial charge in [-0.05, 0) is 45.8 Å². The Kier molecular flexibility index (Phi) is 3.94. The Labute approximate surface area is 135 Å². The molecule has 2 aromatic carbocycles. The fourth-order valence-corrected chi connectivity index (χ4v) is 2.50. The smallest absolute Gasteiger partial charge is 0.257 e. The third-order valence-corrected chi connectivity index (χ3v) is 4.08. The number of aromatic nitrogens is 2. The van der Waals surface area contributed by atoms with Gasteiger partial charge in [-0.2, -0.15) is 4.98 Å². The lowest BCUT2D eigenvalue weighted by Crippen LogP contribution is -1.92. The van der Waals surface area contributed by atoms with Crippen LogP contribution < -0.4 is 5.73 Å². The van der Waals surface area contributed by atoms with Crippen LogP contribution in [0.25, 0.3) is 11.5 Å². The summed E-state index contributed by atoms with van der Waals surface area (Å²) in [6, 6.07) is 13.1. The molecule has 0 unspecified atom stereocenters. The summed E-state index contributed by atoms with van der Waals surface area (Å²) in [6.07, 6.45) is 0.527. The highest BCUT2D eigenvalue weighted by molar-refractivity contribution is 9.10. The zero-order chi connectivity index (χ0) is 14.8. The van der Waals surface area contributed by atoms with Crippen LogP contribution in [-0.2, 0) is 6.42 Å². The van der Waals surface area contributed by atoms with E-state index in [1.165, 1.54) is 0 Å². The van der Waals surface area contributed by atoms with E-state index in [2.05, 4.69) is 26.1 Å². The fraction of sp³-hybridized carbons (Fsp3) is 0.0667. The van der Waals surface area contributed by atoms with Crippen LogP contribution in [0.2, 0.25) is 5.02 Å². The highest BCUT2D eigenvalue weighted by atomic mass is 79.9. The van der Waals surface area contributed by atoms with Crippen molar-refractivity contribution in [3.63, 3.8) is 0 Å². The minimum absolute atomic E-state index is 0.456. The molecule has 0 fully saturated rings. The highest BCUT2D eigenvalue weighted by Crippen LogP contribution is 2.27. The van der Waals surface area contributed by atoms with Gasteiger partial charge in [-0.1, -0.05) is 35.0 Å². The van der Waals surface area contributed by atoms with Gasteiger partial charge in [0.25, 0.3) is 5.89 Å². The molecule has 1 heterocycles. The third-order valence-electron chi connectivity index (χ3n) is 3.02. The van der Waals surface area contributed by atoms with Crippen LogP contribution in [0.15, 0.2) is 51.5 Å². The molecular weight excluding hydrogens is 354 g/mol. The number of halogens is 2. The molecule has 0 aliphatic rings. The summed E-state index contributed by atoms with van der Waals surface area (Å²) in [4.78, 5) is 4.39. The normalized spacial score (nSPS) is 10.8. The van der Waals surface area contributed by atoms with Crippen molar-refractivity contribution in [3.05, 3.63) is 63.3 Å². The number of benzene rings is 2. The van der Waals surface area contributed by atoms with Crippen LogP contribution in [0.5, 0.6) is 0 Å². The monoisotopic (exact) mass is 363 g/mol. The zero-order valence-electron chi connectivity index (χ0n) is 10.9. The summed E-state index contributed by atoms with van der Waals surface area (Å²) in [5.41, 5.74) is 8.20. The summed E-state index contributed by atoms with van der Waals surface area (Å²) in [5, 5.41) is 4.68. The van der Waals surface area contributed by atoms with Crippen molar-refractivity contribution >= 4 is 33.2 Å². The molecule has 0 saturated heterocycles. The Hall–Kier alpha value is -1.85. The van der Waals surface area contributed by atoms with Gasteiger partial charge in [0.15, 0.2) is 5.82 Å². The Bertz CT molecular complexity index is 788. The zero-order valence-corrected chi connectivity index (χ0v) is 13.2. The molecule has 1 aromatic heterocycles. The van der Waals surface area contributed by atoms with E-state index in [0.717, 1.165) is 15.6 Å². The summed E-state index contributed by atoms with van der Waals surface area (Å²) < 4.78 is 6.09. The molecule has 0 radical (unpaired) electrons. The first-order valence-corrected chi connectivity index (χ1v) is 7.42. The first kappa shape index (κ1) is 14.1. The van der Waals surface area contributed by atoms with Crippen LogP contribution in [0, 0.1) is 0 Å². The van der Waals surface area contributed by atoms with Crippen molar-refractivity contribution in [3.8, 4) is 11.5 Å². The molecule has 3 aromatic rings. The van der Waals surface area contributed by atoms with Gasteiger partial charge in [0, 0.05) is 27.2 Å². The van der Waals surface area contributed by atoms with Gasteiger partial charge in [-0.3, -0.25) is 0 Å². The van der Waals surface area contributed by atoms with Crippen LogP contribution in [0.1, 0.15) is 11.4 Å². The number of nitrogens with zero attached hydrogens (tertiary/aromatic N) is 2. The minimum Gasteiger partial charge on any atom is -0.398 e. The molecule has 0 amide bonds. The molecule has 6 heteroatoms. The van der Waals surface area contributed by atoms with Crippen LogP contribution >= 0.6 is 27.5 Å². The summed E-state index contributed by atoms with van der Waals surface area (Å²) in [5.74, 6) is 1.05. The van der Waals surface area contributed by atoms with E-state index in [9.17, 15) is 0 Å². The van der Waals surface area contributed by atoms with Gasteiger partial charge in [0.1, 0.15) is 0 Å². The number of rotatable bonds is 3. The Morgan fingerprint density at radius 2 is 2.00 bits per heavy atom. The second-order valence-corrected chi connectivity index (χ2v) is 5.78. The van der Waals surface area contributed by atoms with Gasteiger partial charge in [0.2, 0.25) is 0 Å². The van der Waals surface area contributed by atoms with E-state index in [1.807, 2.05) is 36.4 Å². The molecule has 0 aliphatic carbocycles. The maximum Gasteiger partial charge on any atom is 0.257 e. The van der Waals surface area contributed by atoms with Gasteiger partial charge >= 0.3 is 0 Å². The Morgan fingerprint density at radius 3 is 2.76 bits per heavy atom. The summed E-state index contributed by atoms with van der Waals surface area (Å²) in [6.45, 7) is 0. The third kappa shape index (κ3) is 3.09. The number of hydrogen-bond acceptors (Lipinski definition) is 4. The van der Waals surface area contributed by atoms with Crippen LogP contribution in [-0.4, -0.2) is 10.1 Å². The second-order valence-electron chi connectivity index (χ2n) is 4.52. The van der Waals surface area contributed by atoms with Gasteiger partial charge < -0.3 is 10.3 Å². The Morgan fingerprint density at radius 1 is 1.19 bits per heavy atom. The maximum atomic E-state index is 6.13. The average Bonchev–Trinajstić information content (AvgIpc) is 2.93. The maximum absolute atomic E-state index is 6.13. The van der Waals surface area contributed by atoms with Crippen molar-refractivity contribution in [2.45, 2.75) is 6.42 Å². The quantitative estimate of drug-likeness (QED) is 0.703. The summed E-state index contributed by atoms with van der Waals surface area (Å²) >= 11 is 9.51. The van der Waals surface area contributed by atoms with Crippen molar-refractivity contribution in [1.29, 1.82) is 0 Å². The van der Waals surface area contributed by atoms with Crippen molar-refractivity contribution in [1.82, 2.24) is 10.1 Å². The lowest BCUT2D eigenvalue weighted by Gasteiger charge is -2.00. The molecular formula is C15H11BrClN3O. The minimum atomic E-state index is 0.456. The van der Waals surface area contributed by atoms with Crippen molar-refractivity contribution in [2.24, 2.45) is 0 Å². The predicted molar refractivity (Wildman–Crippen MR) is 86.1 cm³/mol. The van der Waals surface area contributed by atoms with E-state index in [1.54, 1.807) is 6.07 Å². The Balaban J connectivity index is 1.86. The molecule has 21 heavy (non-hydrogen) atoms. The number of nitrogens with two attached hydrogens (primary N) is 1. The number of nitrogen functional groups attached to an aromatic ring is 1. The molecule has 106 valence electrons. The average molecular weight is 365 g/mol. The highest BCUT2D eigenvalue weighted by Gasteiger charge is 2.11. The van der Waals surface area contributed by atoms with Gasteiger partial charge in [-0.25, -0.2) is 0 Å². The molecule has 2 N–H and O–H groups in total. The molecule has 0 spiro atoms. The largest absolute Gasteiger partial charge is 0.398 e. The molecule has 0 saturated carbocycles. The van der Waals surface area contributed by atoms with E-state index < -0.39 is 0 Å².